The molecule has 0 aliphatic heterocycles. The Hall–Kier alpha value is -1.25. The first kappa shape index (κ1) is 17.8. The van der Waals surface area contributed by atoms with E-state index in [4.69, 9.17) is 23.2 Å². The van der Waals surface area contributed by atoms with Crippen molar-refractivity contribution in [1.82, 2.24) is 5.32 Å². The van der Waals surface area contributed by atoms with Gasteiger partial charge in [-0.25, -0.2) is 0 Å². The van der Waals surface area contributed by atoms with Crippen molar-refractivity contribution in [2.75, 3.05) is 6.54 Å². The van der Waals surface area contributed by atoms with Crippen LogP contribution in [-0.4, -0.2) is 12.5 Å². The molecule has 2 nitrogen and oxygen atoms in total. The molecule has 1 amide bonds. The summed E-state index contributed by atoms with van der Waals surface area (Å²) >= 11 is 12.2. The minimum atomic E-state index is -0.0817. The van der Waals surface area contributed by atoms with E-state index < -0.39 is 0 Å². The Morgan fingerprint density at radius 3 is 2.62 bits per heavy atom. The average molecular weight is 326 g/mol. The van der Waals surface area contributed by atoms with Gasteiger partial charge in [0.1, 0.15) is 0 Å². The van der Waals surface area contributed by atoms with Crippen LogP contribution < -0.4 is 5.32 Å². The first-order valence-corrected chi connectivity index (χ1v) is 7.74. The fourth-order valence-electron chi connectivity index (χ4n) is 1.71. The molecule has 4 heteroatoms. The minimum absolute atomic E-state index is 0.0817. The van der Waals surface area contributed by atoms with Crippen LogP contribution in [0.1, 0.15) is 32.3 Å². The SMILES string of the molecule is CC(C)CNC(=O)/C=C/C=CC(C)c1cccc(Cl)c1Cl. The third kappa shape index (κ3) is 6.36. The number of carbonyl (C=O) groups excluding carboxylic acids is 1. The summed E-state index contributed by atoms with van der Waals surface area (Å²) in [5, 5.41) is 3.95. The first-order chi connectivity index (χ1) is 9.91. The molecule has 0 radical (unpaired) electrons. The lowest BCUT2D eigenvalue weighted by Crippen LogP contribution is -2.25. The number of halogens is 2. The molecule has 114 valence electrons. The zero-order valence-electron chi connectivity index (χ0n) is 12.6. The summed E-state index contributed by atoms with van der Waals surface area (Å²) in [4.78, 5) is 11.5. The van der Waals surface area contributed by atoms with E-state index in [1.807, 2.05) is 31.2 Å². The van der Waals surface area contributed by atoms with E-state index >= 15 is 0 Å². The molecule has 0 heterocycles. The molecular weight excluding hydrogens is 305 g/mol. The van der Waals surface area contributed by atoms with Crippen LogP contribution in [0.2, 0.25) is 10.0 Å². The monoisotopic (exact) mass is 325 g/mol. The number of nitrogens with one attached hydrogen (secondary N) is 1. The molecule has 1 unspecified atom stereocenters. The van der Waals surface area contributed by atoms with Gasteiger partial charge in [0, 0.05) is 18.5 Å². The summed E-state index contributed by atoms with van der Waals surface area (Å²) in [6.45, 7) is 6.82. The van der Waals surface area contributed by atoms with Crippen molar-refractivity contribution in [3.05, 3.63) is 58.1 Å². The smallest absolute Gasteiger partial charge is 0.243 e. The maximum Gasteiger partial charge on any atom is 0.243 e. The van der Waals surface area contributed by atoms with Crippen molar-refractivity contribution in [3.8, 4) is 0 Å². The molecule has 0 aliphatic rings. The quantitative estimate of drug-likeness (QED) is 0.580. The molecule has 0 bridgehead atoms. The Bertz CT molecular complexity index is 536. The van der Waals surface area contributed by atoms with Crippen LogP contribution in [0.3, 0.4) is 0 Å². The predicted molar refractivity (Wildman–Crippen MR) is 91.0 cm³/mol. The molecule has 1 aromatic rings. The molecule has 0 aromatic heterocycles. The van der Waals surface area contributed by atoms with E-state index in [0.717, 1.165) is 5.56 Å². The van der Waals surface area contributed by atoms with Crippen molar-refractivity contribution in [3.63, 3.8) is 0 Å². The largest absolute Gasteiger partial charge is 0.352 e. The molecule has 1 N–H and O–H groups in total. The van der Waals surface area contributed by atoms with Gasteiger partial charge in [-0.05, 0) is 17.5 Å². The number of amides is 1. The zero-order valence-corrected chi connectivity index (χ0v) is 14.1. The van der Waals surface area contributed by atoms with Crippen molar-refractivity contribution >= 4 is 29.1 Å². The van der Waals surface area contributed by atoms with E-state index in [1.165, 1.54) is 6.08 Å². The maximum absolute atomic E-state index is 11.5. The summed E-state index contributed by atoms with van der Waals surface area (Å²) in [7, 11) is 0. The topological polar surface area (TPSA) is 29.1 Å². The molecule has 21 heavy (non-hydrogen) atoms. The third-order valence-electron chi connectivity index (χ3n) is 2.92. The van der Waals surface area contributed by atoms with Gasteiger partial charge in [0.2, 0.25) is 5.91 Å². The molecular formula is C17H21Cl2NO. The predicted octanol–water partition coefficient (Wildman–Crippen LogP) is 4.98. The van der Waals surface area contributed by atoms with Gasteiger partial charge in [-0.1, -0.05) is 74.3 Å². The van der Waals surface area contributed by atoms with Crippen LogP contribution in [0.25, 0.3) is 0 Å². The van der Waals surface area contributed by atoms with Crippen molar-refractivity contribution in [2.24, 2.45) is 5.92 Å². The lowest BCUT2D eigenvalue weighted by Gasteiger charge is -2.09. The van der Waals surface area contributed by atoms with Crippen LogP contribution in [-0.2, 0) is 4.79 Å². The van der Waals surface area contributed by atoms with Gasteiger partial charge < -0.3 is 5.32 Å². The molecule has 0 saturated carbocycles. The number of benzene rings is 1. The first-order valence-electron chi connectivity index (χ1n) is 6.98. The van der Waals surface area contributed by atoms with E-state index in [0.29, 0.717) is 22.5 Å². The summed E-state index contributed by atoms with van der Waals surface area (Å²) in [5.41, 5.74) is 0.970. The molecule has 1 rings (SSSR count). The number of carbonyl (C=O) groups is 1. The van der Waals surface area contributed by atoms with Gasteiger partial charge >= 0.3 is 0 Å². The zero-order chi connectivity index (χ0) is 15.8. The van der Waals surface area contributed by atoms with E-state index in [2.05, 4.69) is 19.2 Å². The Balaban J connectivity index is 2.56. The second kappa shape index (κ2) is 8.91. The highest BCUT2D eigenvalue weighted by atomic mass is 35.5. The number of hydrogen-bond donors (Lipinski definition) is 1. The summed E-state index contributed by atoms with van der Waals surface area (Å²) in [6.07, 6.45) is 7.07. The highest BCUT2D eigenvalue weighted by Gasteiger charge is 2.08. The van der Waals surface area contributed by atoms with Crippen molar-refractivity contribution < 1.29 is 4.79 Å². The molecule has 0 fully saturated rings. The lowest BCUT2D eigenvalue weighted by molar-refractivity contribution is -0.116. The molecule has 0 saturated heterocycles. The summed E-state index contributed by atoms with van der Waals surface area (Å²) < 4.78 is 0. The van der Waals surface area contributed by atoms with Crippen LogP contribution >= 0.6 is 23.2 Å². The van der Waals surface area contributed by atoms with Gasteiger partial charge in [0.25, 0.3) is 0 Å². The lowest BCUT2D eigenvalue weighted by atomic mass is 10.0. The Kier molecular flexibility index (Phi) is 7.55. The van der Waals surface area contributed by atoms with Crippen LogP contribution in [0.5, 0.6) is 0 Å². The van der Waals surface area contributed by atoms with Crippen molar-refractivity contribution in [2.45, 2.75) is 26.7 Å². The maximum atomic E-state index is 11.5. The normalized spacial score (nSPS) is 13.2. The van der Waals surface area contributed by atoms with Crippen LogP contribution in [0, 0.1) is 5.92 Å². The second-order valence-corrected chi connectivity index (χ2v) is 6.10. The second-order valence-electron chi connectivity index (χ2n) is 5.31. The van der Waals surface area contributed by atoms with Gasteiger partial charge in [-0.15, -0.1) is 0 Å². The average Bonchev–Trinajstić information content (AvgIpc) is 2.44. The molecule has 0 aliphatic carbocycles. The summed E-state index contributed by atoms with van der Waals surface area (Å²) in [6, 6.07) is 5.59. The molecule has 0 spiro atoms. The Labute approximate surface area is 136 Å². The fraction of sp³-hybridized carbons (Fsp3) is 0.353. The number of allylic oxidation sites excluding steroid dienone is 3. The van der Waals surface area contributed by atoms with E-state index in [1.54, 1.807) is 12.1 Å². The molecule has 1 atom stereocenters. The van der Waals surface area contributed by atoms with Gasteiger partial charge in [0.15, 0.2) is 0 Å². The highest BCUT2D eigenvalue weighted by molar-refractivity contribution is 6.42. The Morgan fingerprint density at radius 2 is 1.95 bits per heavy atom. The van der Waals surface area contributed by atoms with Crippen LogP contribution in [0.4, 0.5) is 0 Å². The highest BCUT2D eigenvalue weighted by Crippen LogP contribution is 2.31. The Morgan fingerprint density at radius 1 is 1.24 bits per heavy atom. The van der Waals surface area contributed by atoms with E-state index in [9.17, 15) is 4.79 Å². The van der Waals surface area contributed by atoms with Gasteiger partial charge in [-0.2, -0.15) is 0 Å². The number of hydrogen-bond acceptors (Lipinski definition) is 1. The minimum Gasteiger partial charge on any atom is -0.352 e. The summed E-state index contributed by atoms with van der Waals surface area (Å²) in [5.74, 6) is 0.490. The van der Waals surface area contributed by atoms with Gasteiger partial charge in [-0.3, -0.25) is 4.79 Å². The third-order valence-corrected chi connectivity index (χ3v) is 3.75. The van der Waals surface area contributed by atoms with Gasteiger partial charge in [0.05, 0.1) is 10.0 Å². The van der Waals surface area contributed by atoms with Crippen LogP contribution in [0.15, 0.2) is 42.5 Å². The van der Waals surface area contributed by atoms with E-state index in [-0.39, 0.29) is 11.8 Å². The molecule has 1 aromatic carbocycles. The number of rotatable bonds is 6. The standard InChI is InChI=1S/C17H21Cl2NO/c1-12(2)11-20-16(21)10-5-4-7-13(3)14-8-6-9-15(18)17(14)19/h4-10,12-13H,11H2,1-3H3,(H,20,21)/b7-4?,10-5+. The fourth-order valence-corrected chi connectivity index (χ4v) is 2.19. The van der Waals surface area contributed by atoms with Crippen molar-refractivity contribution in [1.29, 1.82) is 0 Å².